The molecule has 0 fully saturated rings. The highest BCUT2D eigenvalue weighted by Gasteiger charge is 2.11. The van der Waals surface area contributed by atoms with Gasteiger partial charge >= 0.3 is 5.97 Å². The van der Waals surface area contributed by atoms with Gasteiger partial charge in [0.1, 0.15) is 5.82 Å². The van der Waals surface area contributed by atoms with E-state index in [4.69, 9.17) is 9.84 Å². The number of aromatic carboxylic acids is 1. The lowest BCUT2D eigenvalue weighted by Crippen LogP contribution is -2.03. The lowest BCUT2D eigenvalue weighted by atomic mass is 10.2. The van der Waals surface area contributed by atoms with Crippen molar-refractivity contribution >= 4 is 11.5 Å². The van der Waals surface area contributed by atoms with Crippen LogP contribution in [0.2, 0.25) is 0 Å². The Morgan fingerprint density at radius 2 is 2.44 bits per heavy atom. The largest absolute Gasteiger partial charge is 0.478 e. The highest BCUT2D eigenvalue weighted by molar-refractivity contribution is 5.95. The van der Waals surface area contributed by atoms with Crippen LogP contribution in [0.25, 0.3) is 5.52 Å². The van der Waals surface area contributed by atoms with Gasteiger partial charge in [-0.25, -0.2) is 9.78 Å². The third-order valence-corrected chi connectivity index (χ3v) is 2.41. The van der Waals surface area contributed by atoms with E-state index in [1.54, 1.807) is 36.0 Å². The van der Waals surface area contributed by atoms with Crippen molar-refractivity contribution in [2.75, 3.05) is 13.7 Å². The molecular formula is C11H12N2O3. The average molecular weight is 220 g/mol. The number of nitrogens with zero attached hydrogens (tertiary/aromatic N) is 2. The molecule has 0 atom stereocenters. The second-order valence-electron chi connectivity index (χ2n) is 3.40. The van der Waals surface area contributed by atoms with Crippen molar-refractivity contribution in [3.05, 3.63) is 35.9 Å². The Morgan fingerprint density at radius 1 is 1.62 bits per heavy atom. The van der Waals surface area contributed by atoms with Gasteiger partial charge in [-0.3, -0.25) is 0 Å². The maximum atomic E-state index is 11.0. The number of rotatable bonds is 4. The summed E-state index contributed by atoms with van der Waals surface area (Å²) in [4.78, 5) is 15.2. The zero-order chi connectivity index (χ0) is 11.5. The van der Waals surface area contributed by atoms with Crippen molar-refractivity contribution in [2.45, 2.75) is 6.42 Å². The molecule has 0 bridgehead atoms. The third-order valence-electron chi connectivity index (χ3n) is 2.41. The van der Waals surface area contributed by atoms with Gasteiger partial charge in [-0.2, -0.15) is 0 Å². The van der Waals surface area contributed by atoms with E-state index in [9.17, 15) is 4.79 Å². The van der Waals surface area contributed by atoms with E-state index in [0.29, 0.717) is 18.5 Å². The molecule has 84 valence electrons. The Bertz CT molecular complexity index is 519. The summed E-state index contributed by atoms with van der Waals surface area (Å²) in [7, 11) is 1.62. The molecule has 0 spiro atoms. The molecule has 0 amide bonds. The number of carbonyl (C=O) groups is 1. The topological polar surface area (TPSA) is 63.8 Å². The van der Waals surface area contributed by atoms with Crippen molar-refractivity contribution in [1.82, 2.24) is 9.38 Å². The van der Waals surface area contributed by atoms with Crippen LogP contribution in [0.4, 0.5) is 0 Å². The summed E-state index contributed by atoms with van der Waals surface area (Å²) in [6.45, 7) is 0.566. The number of carboxylic acid groups (broad SMARTS) is 1. The van der Waals surface area contributed by atoms with Crippen LogP contribution < -0.4 is 0 Å². The second kappa shape index (κ2) is 4.32. The third kappa shape index (κ3) is 1.77. The molecule has 2 aromatic heterocycles. The van der Waals surface area contributed by atoms with Crippen molar-refractivity contribution in [3.63, 3.8) is 0 Å². The summed E-state index contributed by atoms with van der Waals surface area (Å²) < 4.78 is 6.75. The van der Waals surface area contributed by atoms with Crippen LogP contribution >= 0.6 is 0 Å². The average Bonchev–Trinajstić information content (AvgIpc) is 2.69. The first-order chi connectivity index (χ1) is 7.74. The monoisotopic (exact) mass is 220 g/mol. The Morgan fingerprint density at radius 3 is 3.12 bits per heavy atom. The van der Waals surface area contributed by atoms with Crippen LogP contribution in [0.1, 0.15) is 16.2 Å². The van der Waals surface area contributed by atoms with E-state index in [0.717, 1.165) is 5.82 Å². The van der Waals surface area contributed by atoms with Gasteiger partial charge < -0.3 is 14.2 Å². The molecule has 5 heteroatoms. The van der Waals surface area contributed by atoms with Crippen molar-refractivity contribution in [2.24, 2.45) is 0 Å². The van der Waals surface area contributed by atoms with E-state index in [-0.39, 0.29) is 5.56 Å². The molecule has 0 aliphatic carbocycles. The van der Waals surface area contributed by atoms with Gasteiger partial charge in [0.25, 0.3) is 0 Å². The van der Waals surface area contributed by atoms with Gasteiger partial charge in [0.15, 0.2) is 0 Å². The van der Waals surface area contributed by atoms with Crippen molar-refractivity contribution < 1.29 is 14.6 Å². The fraction of sp³-hybridized carbons (Fsp3) is 0.273. The van der Waals surface area contributed by atoms with Gasteiger partial charge in [-0.15, -0.1) is 0 Å². The number of hydrogen-bond donors (Lipinski definition) is 1. The van der Waals surface area contributed by atoms with Gasteiger partial charge in [0.2, 0.25) is 0 Å². The Balaban J connectivity index is 2.48. The predicted octanol–water partition coefficient (Wildman–Crippen LogP) is 1.22. The summed E-state index contributed by atoms with van der Waals surface area (Å²) in [6.07, 6.45) is 4.04. The molecule has 2 aromatic rings. The predicted molar refractivity (Wildman–Crippen MR) is 57.7 cm³/mol. The smallest absolute Gasteiger partial charge is 0.337 e. The fourth-order valence-electron chi connectivity index (χ4n) is 1.63. The zero-order valence-corrected chi connectivity index (χ0v) is 8.88. The highest BCUT2D eigenvalue weighted by Crippen LogP contribution is 2.13. The molecule has 5 nitrogen and oxygen atoms in total. The van der Waals surface area contributed by atoms with Crippen molar-refractivity contribution in [3.8, 4) is 0 Å². The van der Waals surface area contributed by atoms with Crippen LogP contribution in [0.3, 0.4) is 0 Å². The Labute approximate surface area is 92.3 Å². The standard InChI is InChI=1S/C11H12N2O3/c1-16-6-4-10-12-7-9-8(11(14)15)3-2-5-13(9)10/h2-3,5,7H,4,6H2,1H3,(H,14,15). The minimum absolute atomic E-state index is 0.263. The minimum Gasteiger partial charge on any atom is -0.478 e. The summed E-state index contributed by atoms with van der Waals surface area (Å²) in [5.74, 6) is -0.135. The normalized spacial score (nSPS) is 10.8. The summed E-state index contributed by atoms with van der Waals surface area (Å²) in [5.41, 5.74) is 0.875. The molecule has 0 saturated carbocycles. The van der Waals surface area contributed by atoms with Gasteiger partial charge in [0, 0.05) is 19.7 Å². The van der Waals surface area contributed by atoms with Crippen LogP contribution in [0.5, 0.6) is 0 Å². The molecule has 2 heterocycles. The van der Waals surface area contributed by atoms with Crippen LogP contribution in [0.15, 0.2) is 24.5 Å². The van der Waals surface area contributed by atoms with E-state index in [1.165, 1.54) is 0 Å². The highest BCUT2D eigenvalue weighted by atomic mass is 16.5. The maximum absolute atomic E-state index is 11.0. The lowest BCUT2D eigenvalue weighted by molar-refractivity contribution is 0.0698. The first-order valence-electron chi connectivity index (χ1n) is 4.91. The number of fused-ring (bicyclic) bond motifs is 1. The van der Waals surface area contributed by atoms with E-state index in [1.807, 2.05) is 0 Å². The quantitative estimate of drug-likeness (QED) is 0.841. The molecule has 2 rings (SSSR count). The van der Waals surface area contributed by atoms with Crippen molar-refractivity contribution in [1.29, 1.82) is 0 Å². The second-order valence-corrected chi connectivity index (χ2v) is 3.40. The molecule has 0 aliphatic rings. The molecule has 0 aromatic carbocycles. The first-order valence-corrected chi connectivity index (χ1v) is 4.91. The first kappa shape index (κ1) is 10.6. The number of ether oxygens (including phenoxy) is 1. The summed E-state index contributed by atoms with van der Waals surface area (Å²) in [6, 6.07) is 3.27. The molecular weight excluding hydrogens is 208 g/mol. The molecule has 0 unspecified atom stereocenters. The summed E-state index contributed by atoms with van der Waals surface area (Å²) in [5, 5.41) is 9.00. The van der Waals surface area contributed by atoms with E-state index >= 15 is 0 Å². The van der Waals surface area contributed by atoms with Gasteiger partial charge in [-0.05, 0) is 12.1 Å². The maximum Gasteiger partial charge on any atom is 0.337 e. The number of aromatic nitrogens is 2. The molecule has 0 radical (unpaired) electrons. The Hall–Kier alpha value is -1.88. The van der Waals surface area contributed by atoms with Crippen LogP contribution in [-0.2, 0) is 11.2 Å². The minimum atomic E-state index is -0.941. The summed E-state index contributed by atoms with van der Waals surface area (Å²) >= 11 is 0. The zero-order valence-electron chi connectivity index (χ0n) is 8.88. The lowest BCUT2D eigenvalue weighted by Gasteiger charge is -2.02. The fourth-order valence-corrected chi connectivity index (χ4v) is 1.63. The van der Waals surface area contributed by atoms with Gasteiger partial charge in [0.05, 0.1) is 23.9 Å². The number of pyridine rings is 1. The van der Waals surface area contributed by atoms with E-state index < -0.39 is 5.97 Å². The number of hydrogen-bond acceptors (Lipinski definition) is 3. The molecule has 16 heavy (non-hydrogen) atoms. The molecule has 0 aliphatic heterocycles. The van der Waals surface area contributed by atoms with Crippen LogP contribution in [-0.4, -0.2) is 34.2 Å². The number of imidazole rings is 1. The number of carboxylic acids is 1. The van der Waals surface area contributed by atoms with E-state index in [2.05, 4.69) is 4.98 Å². The van der Waals surface area contributed by atoms with Gasteiger partial charge in [-0.1, -0.05) is 0 Å². The Kier molecular flexibility index (Phi) is 2.87. The number of methoxy groups -OCH3 is 1. The van der Waals surface area contributed by atoms with Crippen LogP contribution in [0, 0.1) is 0 Å². The molecule has 0 saturated heterocycles. The SMILES string of the molecule is COCCc1ncc2c(C(=O)O)cccn12. The molecule has 1 N–H and O–H groups in total.